The maximum Gasteiger partial charge on any atom is 0.276 e. The molecule has 0 fully saturated rings. The number of methoxy groups -OCH3 is 1. The lowest BCUT2D eigenvalue weighted by Gasteiger charge is -2.08. The lowest BCUT2D eigenvalue weighted by Crippen LogP contribution is -2.14. The first-order valence-electron chi connectivity index (χ1n) is 7.56. The minimum atomic E-state index is -0.422. The Morgan fingerprint density at radius 3 is 2.58 bits per heavy atom. The highest BCUT2D eigenvalue weighted by atomic mass is 35.5. The number of rotatable bonds is 5. The molecule has 0 bridgehead atoms. The molecule has 0 spiro atoms. The van der Waals surface area contributed by atoms with Crippen molar-refractivity contribution in [2.24, 2.45) is 0 Å². The molecule has 3 aromatic rings. The number of nitrogens with one attached hydrogen (secondary N) is 2. The number of hydrogen-bond donors (Lipinski definition) is 2. The fraction of sp³-hybridized carbons (Fsp3) is 0.0556. The Hall–Kier alpha value is -2.83. The van der Waals surface area contributed by atoms with Gasteiger partial charge in [0, 0.05) is 16.8 Å². The number of hydrogen-bond acceptors (Lipinski definition) is 5. The first kappa shape index (κ1) is 18.0. The van der Waals surface area contributed by atoms with Gasteiger partial charge in [-0.2, -0.15) is 0 Å². The van der Waals surface area contributed by atoms with Crippen molar-refractivity contribution in [3.8, 4) is 5.75 Å². The summed E-state index contributed by atoms with van der Waals surface area (Å²) in [4.78, 5) is 12.3. The highest BCUT2D eigenvalue weighted by Crippen LogP contribution is 2.26. The Bertz CT molecular complexity index is 933. The molecule has 132 valence electrons. The van der Waals surface area contributed by atoms with Crippen LogP contribution in [0.15, 0.2) is 54.6 Å². The minimum absolute atomic E-state index is 0.159. The van der Waals surface area contributed by atoms with Crippen LogP contribution in [-0.2, 0) is 0 Å². The van der Waals surface area contributed by atoms with Gasteiger partial charge in [-0.05, 0) is 42.5 Å². The molecule has 0 aliphatic heterocycles. The first-order chi connectivity index (χ1) is 12.5. The van der Waals surface area contributed by atoms with Crippen LogP contribution in [0, 0.1) is 0 Å². The number of halogens is 2. The molecule has 1 amide bonds. The van der Waals surface area contributed by atoms with E-state index in [-0.39, 0.29) is 5.69 Å². The van der Waals surface area contributed by atoms with Gasteiger partial charge in [0.15, 0.2) is 11.5 Å². The molecule has 3 rings (SSSR count). The minimum Gasteiger partial charge on any atom is -0.497 e. The van der Waals surface area contributed by atoms with Gasteiger partial charge >= 0.3 is 0 Å². The zero-order valence-corrected chi connectivity index (χ0v) is 15.2. The molecular weight excluding hydrogens is 375 g/mol. The monoisotopic (exact) mass is 388 g/mol. The van der Waals surface area contributed by atoms with Crippen LogP contribution < -0.4 is 15.4 Å². The van der Waals surface area contributed by atoms with Gasteiger partial charge in [-0.1, -0.05) is 29.3 Å². The second-order valence-corrected chi connectivity index (χ2v) is 6.08. The summed E-state index contributed by atoms with van der Waals surface area (Å²) in [5, 5.41) is 14.5. The Morgan fingerprint density at radius 2 is 1.88 bits per heavy atom. The van der Waals surface area contributed by atoms with Gasteiger partial charge in [0.1, 0.15) is 5.75 Å². The molecule has 0 atom stereocenters. The van der Waals surface area contributed by atoms with Crippen molar-refractivity contribution in [1.82, 2.24) is 10.2 Å². The van der Waals surface area contributed by atoms with Crippen LogP contribution in [0.2, 0.25) is 10.0 Å². The number of carbonyl (C=O) groups excluding carboxylic acids is 1. The Balaban J connectivity index is 1.69. The molecule has 0 saturated carbocycles. The molecular formula is C18H14Cl2N4O2. The molecule has 0 aliphatic carbocycles. The van der Waals surface area contributed by atoms with E-state index in [1.807, 2.05) is 24.3 Å². The summed E-state index contributed by atoms with van der Waals surface area (Å²) in [5.41, 5.74) is 1.40. The van der Waals surface area contributed by atoms with E-state index in [1.165, 1.54) is 0 Å². The number of amides is 1. The summed E-state index contributed by atoms with van der Waals surface area (Å²) in [6.07, 6.45) is 0. The van der Waals surface area contributed by atoms with Crippen LogP contribution >= 0.6 is 23.2 Å². The number of anilines is 3. The normalized spacial score (nSPS) is 10.3. The zero-order valence-electron chi connectivity index (χ0n) is 13.7. The fourth-order valence-corrected chi connectivity index (χ4v) is 2.60. The highest BCUT2D eigenvalue weighted by molar-refractivity contribution is 6.36. The predicted octanol–water partition coefficient (Wildman–Crippen LogP) is 4.79. The number of aromatic nitrogens is 2. The molecule has 2 N–H and O–H groups in total. The summed E-state index contributed by atoms with van der Waals surface area (Å²) < 4.78 is 5.17. The summed E-state index contributed by atoms with van der Waals surface area (Å²) in [7, 11) is 1.60. The van der Waals surface area contributed by atoms with Crippen molar-refractivity contribution >= 4 is 46.3 Å². The second-order valence-electron chi connectivity index (χ2n) is 5.24. The molecule has 26 heavy (non-hydrogen) atoms. The molecule has 6 nitrogen and oxygen atoms in total. The zero-order chi connectivity index (χ0) is 18.5. The van der Waals surface area contributed by atoms with Crippen LogP contribution in [0.3, 0.4) is 0 Å². The van der Waals surface area contributed by atoms with E-state index in [9.17, 15) is 4.79 Å². The largest absolute Gasteiger partial charge is 0.497 e. The van der Waals surface area contributed by atoms with E-state index in [0.717, 1.165) is 11.4 Å². The van der Waals surface area contributed by atoms with E-state index < -0.39 is 5.91 Å². The lowest BCUT2D eigenvalue weighted by atomic mass is 10.3. The van der Waals surface area contributed by atoms with Crippen molar-refractivity contribution in [2.45, 2.75) is 0 Å². The summed E-state index contributed by atoms with van der Waals surface area (Å²) in [5.74, 6) is 0.799. The number of benzene rings is 2. The first-order valence-corrected chi connectivity index (χ1v) is 8.32. The average molecular weight is 389 g/mol. The van der Waals surface area contributed by atoms with Crippen molar-refractivity contribution in [1.29, 1.82) is 0 Å². The summed E-state index contributed by atoms with van der Waals surface area (Å²) in [6, 6.07) is 15.4. The van der Waals surface area contributed by atoms with E-state index in [0.29, 0.717) is 21.6 Å². The number of carbonyl (C=O) groups is 1. The molecule has 0 saturated heterocycles. The lowest BCUT2D eigenvalue weighted by molar-refractivity contribution is 0.102. The van der Waals surface area contributed by atoms with E-state index >= 15 is 0 Å². The van der Waals surface area contributed by atoms with Gasteiger partial charge in [-0.25, -0.2) is 0 Å². The predicted molar refractivity (Wildman–Crippen MR) is 103 cm³/mol. The van der Waals surface area contributed by atoms with Gasteiger partial charge in [0.25, 0.3) is 5.91 Å². The standard InChI is InChI=1S/C18H14Cl2N4O2/c1-26-13-4-2-3-12(10-13)21-17-8-7-16(23-24-17)18(25)22-15-6-5-11(19)9-14(15)20/h2-10H,1H3,(H,21,24)(H,22,25). The SMILES string of the molecule is COc1cccc(Nc2ccc(C(=O)Nc3ccc(Cl)cc3Cl)nn2)c1. The Morgan fingerprint density at radius 1 is 1.04 bits per heavy atom. The quantitative estimate of drug-likeness (QED) is 0.656. The van der Waals surface area contributed by atoms with Gasteiger partial charge in [-0.3, -0.25) is 4.79 Å². The smallest absolute Gasteiger partial charge is 0.276 e. The number of ether oxygens (including phenoxy) is 1. The third-order valence-electron chi connectivity index (χ3n) is 3.42. The van der Waals surface area contributed by atoms with Gasteiger partial charge in [0.05, 0.1) is 17.8 Å². The van der Waals surface area contributed by atoms with Crippen LogP contribution in [0.5, 0.6) is 5.75 Å². The van der Waals surface area contributed by atoms with Crippen LogP contribution in [0.4, 0.5) is 17.2 Å². The maximum atomic E-state index is 12.3. The fourth-order valence-electron chi connectivity index (χ4n) is 2.15. The van der Waals surface area contributed by atoms with Crippen molar-refractivity contribution in [3.63, 3.8) is 0 Å². The average Bonchev–Trinajstić information content (AvgIpc) is 2.64. The third kappa shape index (κ3) is 4.41. The molecule has 0 unspecified atom stereocenters. The molecule has 0 aliphatic rings. The molecule has 1 aromatic heterocycles. The van der Waals surface area contributed by atoms with Crippen molar-refractivity contribution in [2.75, 3.05) is 17.7 Å². The van der Waals surface area contributed by atoms with Crippen LogP contribution in [-0.4, -0.2) is 23.2 Å². The van der Waals surface area contributed by atoms with Crippen molar-refractivity contribution in [3.05, 3.63) is 70.3 Å². The highest BCUT2D eigenvalue weighted by Gasteiger charge is 2.11. The summed E-state index contributed by atoms with van der Waals surface area (Å²) in [6.45, 7) is 0. The van der Waals surface area contributed by atoms with E-state index in [2.05, 4.69) is 20.8 Å². The third-order valence-corrected chi connectivity index (χ3v) is 3.97. The molecule has 2 aromatic carbocycles. The maximum absolute atomic E-state index is 12.3. The Labute approximate surface area is 160 Å². The van der Waals surface area contributed by atoms with E-state index in [4.69, 9.17) is 27.9 Å². The number of nitrogens with zero attached hydrogens (tertiary/aromatic N) is 2. The topological polar surface area (TPSA) is 76.1 Å². The Kier molecular flexibility index (Phi) is 5.55. The van der Waals surface area contributed by atoms with E-state index in [1.54, 1.807) is 37.4 Å². The summed E-state index contributed by atoms with van der Waals surface area (Å²) >= 11 is 11.9. The van der Waals surface area contributed by atoms with Gasteiger partial charge < -0.3 is 15.4 Å². The molecule has 0 radical (unpaired) electrons. The van der Waals surface area contributed by atoms with Crippen LogP contribution in [0.25, 0.3) is 0 Å². The van der Waals surface area contributed by atoms with Gasteiger partial charge in [-0.15, -0.1) is 10.2 Å². The van der Waals surface area contributed by atoms with Gasteiger partial charge in [0.2, 0.25) is 0 Å². The molecule has 1 heterocycles. The van der Waals surface area contributed by atoms with Crippen molar-refractivity contribution < 1.29 is 9.53 Å². The second kappa shape index (κ2) is 8.03. The molecule has 8 heteroatoms. The van der Waals surface area contributed by atoms with Crippen LogP contribution in [0.1, 0.15) is 10.5 Å².